The van der Waals surface area contributed by atoms with Crippen LogP contribution in [0.15, 0.2) is 73.3 Å². The third-order valence-corrected chi connectivity index (χ3v) is 4.59. The molecular weight excluding hydrogens is 372 g/mol. The molecule has 4 heterocycles. The van der Waals surface area contributed by atoms with E-state index in [0.29, 0.717) is 33.8 Å². The molecule has 0 saturated heterocycles. The van der Waals surface area contributed by atoms with Gasteiger partial charge in [0.25, 0.3) is 0 Å². The molecule has 5 aromatic rings. The van der Waals surface area contributed by atoms with Crippen molar-refractivity contribution in [1.29, 1.82) is 0 Å². The van der Waals surface area contributed by atoms with Crippen molar-refractivity contribution in [2.75, 3.05) is 0 Å². The van der Waals surface area contributed by atoms with E-state index in [1.165, 1.54) is 24.5 Å². The van der Waals surface area contributed by atoms with Gasteiger partial charge in [-0.2, -0.15) is 0 Å². The maximum Gasteiger partial charge on any atom is 0.178 e. The van der Waals surface area contributed by atoms with Crippen LogP contribution in [0.2, 0.25) is 0 Å². The van der Waals surface area contributed by atoms with Gasteiger partial charge in [-0.15, -0.1) is 0 Å². The number of halogens is 2. The quantitative estimate of drug-likeness (QED) is 0.473. The highest BCUT2D eigenvalue weighted by Gasteiger charge is 2.17. The number of nitrogens with one attached hydrogen (secondary N) is 1. The molecule has 0 unspecified atom stereocenters. The van der Waals surface area contributed by atoms with Crippen molar-refractivity contribution in [3.8, 4) is 33.8 Å². The predicted molar refractivity (Wildman–Crippen MR) is 106 cm³/mol. The van der Waals surface area contributed by atoms with Crippen LogP contribution < -0.4 is 0 Å². The van der Waals surface area contributed by atoms with Crippen molar-refractivity contribution in [2.24, 2.45) is 0 Å². The molecule has 5 nitrogen and oxygen atoms in total. The van der Waals surface area contributed by atoms with Gasteiger partial charge in [0.2, 0.25) is 0 Å². The number of fused-ring (bicyclic) bond motifs is 1. The van der Waals surface area contributed by atoms with Crippen LogP contribution in [-0.4, -0.2) is 24.9 Å². The molecule has 5 rings (SSSR count). The fraction of sp³-hybridized carbons (Fsp3) is 0. The number of nitrogens with zero attached hydrogens (tertiary/aromatic N) is 4. The summed E-state index contributed by atoms with van der Waals surface area (Å²) < 4.78 is 27.7. The maximum atomic E-state index is 14.5. The summed E-state index contributed by atoms with van der Waals surface area (Å²) in [5.74, 6) is -0.216. The molecule has 0 aliphatic rings. The standard InChI is InChI=1S/C22H13F2N5/c23-15-5-3-13(4-6-15)21-27-19-10-17(16-7-9-26-12-18(16)24)20(28-22(19)29-21)14-2-1-8-25-11-14/h1-12H,(H,27,28,29). The number of hydrogen-bond donors (Lipinski definition) is 1. The van der Waals surface area contributed by atoms with Crippen molar-refractivity contribution in [2.45, 2.75) is 0 Å². The van der Waals surface area contributed by atoms with Crippen molar-refractivity contribution in [3.63, 3.8) is 0 Å². The summed E-state index contributed by atoms with van der Waals surface area (Å²) in [6, 6.07) is 13.1. The van der Waals surface area contributed by atoms with Gasteiger partial charge < -0.3 is 4.98 Å². The van der Waals surface area contributed by atoms with Crippen molar-refractivity contribution >= 4 is 11.2 Å². The van der Waals surface area contributed by atoms with Crippen LogP contribution in [0.1, 0.15) is 0 Å². The topological polar surface area (TPSA) is 67.3 Å². The number of H-pyrrole nitrogens is 1. The lowest BCUT2D eigenvalue weighted by atomic mass is 10.0. The van der Waals surface area contributed by atoms with Gasteiger partial charge in [0, 0.05) is 40.8 Å². The molecule has 0 fully saturated rings. The minimum absolute atomic E-state index is 0.322. The number of rotatable bonds is 3. The van der Waals surface area contributed by atoms with E-state index in [9.17, 15) is 8.78 Å². The Kier molecular flexibility index (Phi) is 4.05. The van der Waals surface area contributed by atoms with Gasteiger partial charge in [0.05, 0.1) is 17.4 Å². The van der Waals surface area contributed by atoms with Crippen LogP contribution in [-0.2, 0) is 0 Å². The van der Waals surface area contributed by atoms with Crippen LogP contribution in [0, 0.1) is 11.6 Å². The second-order valence-corrected chi connectivity index (χ2v) is 6.45. The van der Waals surface area contributed by atoms with Crippen molar-refractivity contribution < 1.29 is 8.78 Å². The zero-order valence-corrected chi connectivity index (χ0v) is 15.0. The lowest BCUT2D eigenvalue weighted by Gasteiger charge is -2.09. The van der Waals surface area contributed by atoms with E-state index >= 15 is 0 Å². The van der Waals surface area contributed by atoms with Crippen LogP contribution in [0.25, 0.3) is 44.9 Å². The Morgan fingerprint density at radius 2 is 1.59 bits per heavy atom. The van der Waals surface area contributed by atoms with Crippen LogP contribution in [0.5, 0.6) is 0 Å². The smallest absolute Gasteiger partial charge is 0.178 e. The van der Waals surface area contributed by atoms with Crippen LogP contribution in [0.3, 0.4) is 0 Å². The van der Waals surface area contributed by atoms with E-state index in [0.717, 1.165) is 11.1 Å². The first kappa shape index (κ1) is 17.1. The summed E-state index contributed by atoms with van der Waals surface area (Å²) in [6.07, 6.45) is 6.04. The number of pyridine rings is 3. The minimum Gasteiger partial charge on any atom is -0.337 e. The molecule has 1 aromatic carbocycles. The van der Waals surface area contributed by atoms with E-state index in [2.05, 4.69) is 24.9 Å². The SMILES string of the molecule is Fc1ccc(-c2nc3nc(-c4cccnc4)c(-c4ccncc4F)cc3[nH]2)cc1. The molecule has 0 aliphatic carbocycles. The number of aromatic nitrogens is 5. The summed E-state index contributed by atoms with van der Waals surface area (Å²) in [4.78, 5) is 20.4. The highest BCUT2D eigenvalue weighted by atomic mass is 19.1. The Balaban J connectivity index is 1.75. The Bertz CT molecular complexity index is 1310. The van der Waals surface area contributed by atoms with E-state index in [4.69, 9.17) is 0 Å². The number of benzene rings is 1. The molecule has 0 bridgehead atoms. The first-order chi connectivity index (χ1) is 14.2. The highest BCUT2D eigenvalue weighted by molar-refractivity contribution is 5.89. The second kappa shape index (κ2) is 6.87. The zero-order valence-electron chi connectivity index (χ0n) is 15.0. The molecule has 0 aliphatic heterocycles. The highest BCUT2D eigenvalue weighted by Crippen LogP contribution is 2.34. The first-order valence-corrected chi connectivity index (χ1v) is 8.86. The van der Waals surface area contributed by atoms with Gasteiger partial charge in [-0.1, -0.05) is 0 Å². The second-order valence-electron chi connectivity index (χ2n) is 6.45. The molecule has 7 heteroatoms. The van der Waals surface area contributed by atoms with Crippen LogP contribution in [0.4, 0.5) is 8.78 Å². The lowest BCUT2D eigenvalue weighted by Crippen LogP contribution is -1.94. The van der Waals surface area contributed by atoms with E-state index in [-0.39, 0.29) is 5.82 Å². The average Bonchev–Trinajstić information content (AvgIpc) is 3.17. The Hall–Kier alpha value is -4.00. The summed E-state index contributed by atoms with van der Waals surface area (Å²) >= 11 is 0. The zero-order chi connectivity index (χ0) is 19.8. The number of hydrogen-bond acceptors (Lipinski definition) is 4. The molecule has 4 aromatic heterocycles. The van der Waals surface area contributed by atoms with E-state index in [1.807, 2.05) is 12.1 Å². The molecule has 0 saturated carbocycles. The molecule has 140 valence electrons. The molecule has 0 amide bonds. The maximum absolute atomic E-state index is 14.5. The summed E-state index contributed by atoms with van der Waals surface area (Å²) in [7, 11) is 0. The van der Waals surface area contributed by atoms with Gasteiger partial charge >= 0.3 is 0 Å². The summed E-state index contributed by atoms with van der Waals surface area (Å²) in [5, 5.41) is 0. The van der Waals surface area contributed by atoms with Crippen molar-refractivity contribution in [1.82, 2.24) is 24.9 Å². The summed E-state index contributed by atoms with van der Waals surface area (Å²) in [5.41, 5.74) is 4.12. The van der Waals surface area contributed by atoms with E-state index in [1.54, 1.807) is 36.7 Å². The number of imidazole rings is 1. The molecule has 29 heavy (non-hydrogen) atoms. The summed E-state index contributed by atoms with van der Waals surface area (Å²) in [6.45, 7) is 0. The van der Waals surface area contributed by atoms with Crippen molar-refractivity contribution in [3.05, 3.63) is 85.0 Å². The van der Waals surface area contributed by atoms with Gasteiger partial charge in [0.15, 0.2) is 5.65 Å². The lowest BCUT2D eigenvalue weighted by molar-refractivity contribution is 0.625. The largest absolute Gasteiger partial charge is 0.337 e. The normalized spacial score (nSPS) is 11.1. The average molecular weight is 385 g/mol. The monoisotopic (exact) mass is 385 g/mol. The molecular formula is C22H13F2N5. The Labute approximate surface area is 164 Å². The Morgan fingerprint density at radius 1 is 0.759 bits per heavy atom. The Morgan fingerprint density at radius 3 is 2.34 bits per heavy atom. The molecule has 0 radical (unpaired) electrons. The molecule has 0 atom stereocenters. The van der Waals surface area contributed by atoms with Crippen LogP contribution >= 0.6 is 0 Å². The third kappa shape index (κ3) is 3.12. The van der Waals surface area contributed by atoms with Gasteiger partial charge in [0.1, 0.15) is 17.5 Å². The predicted octanol–water partition coefficient (Wildman–Crippen LogP) is 5.03. The number of aromatic amines is 1. The molecule has 1 N–H and O–H groups in total. The minimum atomic E-state index is -0.447. The van der Waals surface area contributed by atoms with Gasteiger partial charge in [-0.25, -0.2) is 18.7 Å². The fourth-order valence-corrected chi connectivity index (χ4v) is 3.21. The fourth-order valence-electron chi connectivity index (χ4n) is 3.21. The third-order valence-electron chi connectivity index (χ3n) is 4.59. The van der Waals surface area contributed by atoms with Gasteiger partial charge in [-0.05, 0) is 48.5 Å². The first-order valence-electron chi connectivity index (χ1n) is 8.86. The molecule has 0 spiro atoms. The van der Waals surface area contributed by atoms with Gasteiger partial charge in [-0.3, -0.25) is 9.97 Å². The van der Waals surface area contributed by atoms with E-state index < -0.39 is 5.82 Å².